The topological polar surface area (TPSA) is 40.9 Å². The van der Waals surface area contributed by atoms with Crippen LogP contribution in [0.3, 0.4) is 0 Å². The van der Waals surface area contributed by atoms with Crippen LogP contribution in [0.5, 0.6) is 0 Å². The van der Waals surface area contributed by atoms with Crippen molar-refractivity contribution < 1.29 is 4.21 Å². The highest BCUT2D eigenvalue weighted by Gasteiger charge is 2.31. The van der Waals surface area contributed by atoms with Crippen molar-refractivity contribution in [3.05, 3.63) is 35.9 Å². The number of benzene rings is 1. The molecule has 2 nitrogen and oxygen atoms in total. The van der Waals surface area contributed by atoms with E-state index in [-0.39, 0.29) is 11.2 Å². The molecule has 16 heavy (non-hydrogen) atoms. The molecule has 0 bridgehead atoms. The fourth-order valence-electron chi connectivity index (χ4n) is 2.23. The molecule has 0 N–H and O–H groups in total. The molecule has 0 spiro atoms. The minimum absolute atomic E-state index is 0.00421. The van der Waals surface area contributed by atoms with E-state index < -0.39 is 10.8 Å². The molecule has 0 radical (unpaired) electrons. The number of nitriles is 1. The molecule has 3 unspecified atom stereocenters. The van der Waals surface area contributed by atoms with Gasteiger partial charge in [0.2, 0.25) is 0 Å². The van der Waals surface area contributed by atoms with Gasteiger partial charge in [0.25, 0.3) is 0 Å². The normalized spacial score (nSPS) is 26.2. The van der Waals surface area contributed by atoms with Crippen molar-refractivity contribution in [1.82, 2.24) is 0 Å². The third-order valence-corrected chi connectivity index (χ3v) is 4.97. The van der Waals surface area contributed by atoms with Gasteiger partial charge in [-0.1, -0.05) is 36.8 Å². The fraction of sp³-hybridized carbons (Fsp3) is 0.462. The third-order valence-electron chi connectivity index (χ3n) is 3.11. The van der Waals surface area contributed by atoms with Gasteiger partial charge in [0, 0.05) is 16.6 Å². The van der Waals surface area contributed by atoms with E-state index in [4.69, 9.17) is 5.26 Å². The Morgan fingerprint density at radius 2 is 2.06 bits per heavy atom. The number of nitrogens with zero attached hydrogens (tertiary/aromatic N) is 1. The van der Waals surface area contributed by atoms with E-state index in [1.807, 2.05) is 30.3 Å². The van der Waals surface area contributed by atoms with Crippen molar-refractivity contribution in [2.75, 3.05) is 0 Å². The number of hydrogen-bond donors (Lipinski definition) is 0. The molecule has 84 valence electrons. The fourth-order valence-corrected chi connectivity index (χ4v) is 3.96. The average molecular weight is 233 g/mol. The quantitative estimate of drug-likeness (QED) is 0.805. The summed E-state index contributed by atoms with van der Waals surface area (Å²) in [5, 5.41) is 9.06. The Hall–Kier alpha value is -1.14. The highest BCUT2D eigenvalue weighted by atomic mass is 32.2. The number of hydrogen-bond acceptors (Lipinski definition) is 2. The average Bonchev–Trinajstić information content (AvgIpc) is 2.78. The third kappa shape index (κ3) is 2.51. The van der Waals surface area contributed by atoms with Gasteiger partial charge in [0.1, 0.15) is 0 Å². The molecule has 1 aromatic carbocycles. The maximum atomic E-state index is 12.1. The van der Waals surface area contributed by atoms with Gasteiger partial charge < -0.3 is 0 Å². The molecular weight excluding hydrogens is 218 g/mol. The van der Waals surface area contributed by atoms with Gasteiger partial charge in [-0.15, -0.1) is 0 Å². The first kappa shape index (κ1) is 11.3. The lowest BCUT2D eigenvalue weighted by Gasteiger charge is -2.12. The molecule has 1 saturated carbocycles. The van der Waals surface area contributed by atoms with Gasteiger partial charge >= 0.3 is 0 Å². The van der Waals surface area contributed by atoms with Crippen LogP contribution in [0, 0.1) is 17.2 Å². The Balaban J connectivity index is 2.01. The minimum Gasteiger partial charge on any atom is -0.259 e. The van der Waals surface area contributed by atoms with E-state index in [9.17, 15) is 4.21 Å². The van der Waals surface area contributed by atoms with Crippen LogP contribution in [0.15, 0.2) is 30.3 Å². The second-order valence-electron chi connectivity index (χ2n) is 4.22. The highest BCUT2D eigenvalue weighted by Crippen LogP contribution is 2.30. The first-order chi connectivity index (χ1) is 7.81. The lowest BCUT2D eigenvalue weighted by atomic mass is 10.1. The summed E-state index contributed by atoms with van der Waals surface area (Å²) in [5.74, 6) is 0.591. The van der Waals surface area contributed by atoms with Crippen molar-refractivity contribution in [3.63, 3.8) is 0 Å². The zero-order chi connectivity index (χ0) is 11.4. The van der Waals surface area contributed by atoms with Crippen LogP contribution in [-0.2, 0) is 16.6 Å². The van der Waals surface area contributed by atoms with Crippen molar-refractivity contribution in [1.29, 1.82) is 5.26 Å². The van der Waals surface area contributed by atoms with E-state index in [1.54, 1.807) is 0 Å². The molecule has 1 fully saturated rings. The molecule has 0 saturated heterocycles. The smallest absolute Gasteiger partial charge is 0.0668 e. The van der Waals surface area contributed by atoms with Crippen LogP contribution in [0.25, 0.3) is 0 Å². The van der Waals surface area contributed by atoms with Crippen LogP contribution in [-0.4, -0.2) is 9.46 Å². The first-order valence-corrected chi connectivity index (χ1v) is 7.00. The van der Waals surface area contributed by atoms with Crippen molar-refractivity contribution in [3.8, 4) is 6.07 Å². The highest BCUT2D eigenvalue weighted by molar-refractivity contribution is 7.84. The molecule has 0 heterocycles. The van der Waals surface area contributed by atoms with Gasteiger partial charge in [-0.2, -0.15) is 5.26 Å². The molecule has 0 amide bonds. The maximum absolute atomic E-state index is 12.1. The lowest BCUT2D eigenvalue weighted by Crippen LogP contribution is -2.20. The van der Waals surface area contributed by atoms with E-state index in [1.165, 1.54) is 0 Å². The molecule has 0 aliphatic heterocycles. The van der Waals surface area contributed by atoms with Gasteiger partial charge in [-0.25, -0.2) is 0 Å². The Morgan fingerprint density at radius 1 is 1.31 bits per heavy atom. The van der Waals surface area contributed by atoms with E-state index in [0.29, 0.717) is 5.75 Å². The summed E-state index contributed by atoms with van der Waals surface area (Å²) in [6.45, 7) is 0. The van der Waals surface area contributed by atoms with E-state index >= 15 is 0 Å². The molecule has 1 aliphatic rings. The summed E-state index contributed by atoms with van der Waals surface area (Å²) in [4.78, 5) is 0. The summed E-state index contributed by atoms with van der Waals surface area (Å²) in [6.07, 6.45) is 2.91. The van der Waals surface area contributed by atoms with Crippen LogP contribution in [0.2, 0.25) is 0 Å². The summed E-state index contributed by atoms with van der Waals surface area (Å²) in [5.41, 5.74) is 1.10. The molecule has 3 heteroatoms. The minimum atomic E-state index is -0.899. The predicted molar refractivity (Wildman–Crippen MR) is 65.0 cm³/mol. The van der Waals surface area contributed by atoms with Crippen LogP contribution in [0.1, 0.15) is 24.8 Å². The van der Waals surface area contributed by atoms with Gasteiger partial charge in [0.05, 0.1) is 17.2 Å². The van der Waals surface area contributed by atoms with Gasteiger partial charge in [-0.3, -0.25) is 4.21 Å². The monoisotopic (exact) mass is 233 g/mol. The standard InChI is InChI=1S/C13H15NOS/c14-9-12-7-4-8-13(12)16(15)10-11-5-2-1-3-6-11/h1-3,5-6,12-13H,4,7-8,10H2. The summed E-state index contributed by atoms with van der Waals surface area (Å²) in [6, 6.07) is 12.2. The van der Waals surface area contributed by atoms with Gasteiger partial charge in [-0.05, 0) is 18.4 Å². The molecule has 3 atom stereocenters. The van der Waals surface area contributed by atoms with Crippen molar-refractivity contribution >= 4 is 10.8 Å². The number of rotatable bonds is 3. The van der Waals surface area contributed by atoms with Crippen molar-refractivity contribution in [2.45, 2.75) is 30.3 Å². The summed E-state index contributed by atoms with van der Waals surface area (Å²) < 4.78 is 12.1. The second kappa shape index (κ2) is 5.27. The molecule has 1 aromatic rings. The summed E-state index contributed by atoms with van der Waals surface area (Å²) in [7, 11) is -0.899. The Bertz CT molecular complexity index is 410. The van der Waals surface area contributed by atoms with E-state index in [2.05, 4.69) is 6.07 Å². The molecule has 0 aromatic heterocycles. The lowest BCUT2D eigenvalue weighted by molar-refractivity contribution is 0.645. The Morgan fingerprint density at radius 3 is 2.75 bits per heavy atom. The molecule has 2 rings (SSSR count). The maximum Gasteiger partial charge on any atom is 0.0668 e. The van der Waals surface area contributed by atoms with Crippen LogP contribution < -0.4 is 0 Å². The first-order valence-electron chi connectivity index (χ1n) is 5.62. The van der Waals surface area contributed by atoms with Crippen LogP contribution >= 0.6 is 0 Å². The molecule has 1 aliphatic carbocycles. The van der Waals surface area contributed by atoms with Gasteiger partial charge in [0.15, 0.2) is 0 Å². The zero-order valence-electron chi connectivity index (χ0n) is 9.13. The zero-order valence-corrected chi connectivity index (χ0v) is 9.95. The van der Waals surface area contributed by atoms with Crippen LogP contribution in [0.4, 0.5) is 0 Å². The predicted octanol–water partition coefficient (Wildman–Crippen LogP) is 2.63. The SMILES string of the molecule is N#CC1CCCC1S(=O)Cc1ccccc1. The molecular formula is C13H15NOS. The second-order valence-corrected chi connectivity index (χ2v) is 5.87. The Kier molecular flexibility index (Phi) is 3.74. The Labute approximate surface area is 98.7 Å². The van der Waals surface area contributed by atoms with Crippen molar-refractivity contribution in [2.24, 2.45) is 5.92 Å². The largest absolute Gasteiger partial charge is 0.259 e. The summed E-state index contributed by atoms with van der Waals surface area (Å²) >= 11 is 0. The van der Waals surface area contributed by atoms with E-state index in [0.717, 1.165) is 24.8 Å².